The third kappa shape index (κ3) is 1.46. The topological polar surface area (TPSA) is 9.23 Å². The molecule has 5 saturated carbocycles. The molecular weight excluding hydrogens is 316 g/mol. The lowest BCUT2D eigenvalue weighted by Gasteiger charge is -2.27. The van der Waals surface area contributed by atoms with Crippen molar-refractivity contribution < 1.29 is 4.74 Å². The minimum absolute atomic E-state index is 0.605. The van der Waals surface area contributed by atoms with Crippen LogP contribution in [0.25, 0.3) is 0 Å². The van der Waals surface area contributed by atoms with Crippen LogP contribution < -0.4 is 0 Å². The van der Waals surface area contributed by atoms with Crippen LogP contribution in [0.3, 0.4) is 0 Å². The standard InChI is InChI=1S/C25H30O/c1-3-14-11-15(19-6-4-5-18(14)19)7-8-16-13-25(21-22(25)23(21)26-2)20-10-9-17-12-24(16,17)20/h3-4,6-10,14-23H,1,5,11-13H2,2H3/b8-7-/t14-,15+,16-,17-,18-,19+,20-,21-,22-,23?,24?,25?/m0/s1. The molecule has 0 bridgehead atoms. The van der Waals surface area contributed by atoms with Crippen LogP contribution >= 0.6 is 0 Å². The maximum atomic E-state index is 5.69. The molecule has 7 aliphatic rings. The Morgan fingerprint density at radius 2 is 1.92 bits per heavy atom. The predicted molar refractivity (Wildman–Crippen MR) is 103 cm³/mol. The minimum atomic E-state index is 0.605. The van der Waals surface area contributed by atoms with Crippen LogP contribution in [0, 0.1) is 64.1 Å². The summed E-state index contributed by atoms with van der Waals surface area (Å²) in [5.41, 5.74) is 1.27. The molecule has 0 aliphatic heterocycles. The number of hydrogen-bond acceptors (Lipinski definition) is 1. The highest BCUT2D eigenvalue weighted by atomic mass is 16.5. The normalized spacial score (nSPS) is 64.7. The molecule has 136 valence electrons. The lowest BCUT2D eigenvalue weighted by atomic mass is 9.78. The van der Waals surface area contributed by atoms with Crippen LogP contribution in [0.4, 0.5) is 0 Å². The predicted octanol–water partition coefficient (Wildman–Crippen LogP) is 5.03. The van der Waals surface area contributed by atoms with Gasteiger partial charge in [-0.3, -0.25) is 0 Å². The van der Waals surface area contributed by atoms with E-state index in [9.17, 15) is 0 Å². The van der Waals surface area contributed by atoms with Gasteiger partial charge in [-0.15, -0.1) is 6.58 Å². The number of methoxy groups -OCH3 is 1. The van der Waals surface area contributed by atoms with Gasteiger partial charge in [0.2, 0.25) is 0 Å². The van der Waals surface area contributed by atoms with Gasteiger partial charge in [-0.25, -0.2) is 0 Å². The summed E-state index contributed by atoms with van der Waals surface area (Å²) in [6, 6.07) is 0. The third-order valence-corrected chi connectivity index (χ3v) is 10.2. The van der Waals surface area contributed by atoms with Gasteiger partial charge in [-0.1, -0.05) is 42.5 Å². The van der Waals surface area contributed by atoms with Gasteiger partial charge in [0.25, 0.3) is 0 Å². The Balaban J connectivity index is 1.15. The summed E-state index contributed by atoms with van der Waals surface area (Å²) in [6.07, 6.45) is 23.8. The number of allylic oxidation sites excluding steroid dienone is 7. The van der Waals surface area contributed by atoms with Crippen molar-refractivity contribution in [1.29, 1.82) is 0 Å². The van der Waals surface area contributed by atoms with E-state index < -0.39 is 0 Å². The quantitative estimate of drug-likeness (QED) is 0.649. The highest BCUT2D eigenvalue weighted by Crippen LogP contribution is 2.93. The van der Waals surface area contributed by atoms with Crippen molar-refractivity contribution in [3.63, 3.8) is 0 Å². The lowest BCUT2D eigenvalue weighted by Crippen LogP contribution is -2.27. The largest absolute Gasteiger partial charge is 0.381 e. The number of fused-ring (bicyclic) bond motifs is 5. The van der Waals surface area contributed by atoms with Crippen molar-refractivity contribution >= 4 is 0 Å². The zero-order valence-corrected chi connectivity index (χ0v) is 15.8. The minimum Gasteiger partial charge on any atom is -0.381 e. The van der Waals surface area contributed by atoms with Gasteiger partial charge >= 0.3 is 0 Å². The second kappa shape index (κ2) is 4.49. The lowest BCUT2D eigenvalue weighted by molar-refractivity contribution is 0.0708. The first-order valence-corrected chi connectivity index (χ1v) is 10.9. The first kappa shape index (κ1) is 14.9. The molecule has 0 amide bonds. The van der Waals surface area contributed by atoms with Crippen molar-refractivity contribution in [3.05, 3.63) is 49.1 Å². The first-order valence-electron chi connectivity index (χ1n) is 10.9. The molecular formula is C25H30O. The Morgan fingerprint density at radius 1 is 1.04 bits per heavy atom. The van der Waals surface area contributed by atoms with Gasteiger partial charge in [-0.05, 0) is 89.8 Å². The van der Waals surface area contributed by atoms with Gasteiger partial charge in [0.05, 0.1) is 6.10 Å². The zero-order chi connectivity index (χ0) is 17.3. The van der Waals surface area contributed by atoms with Crippen molar-refractivity contribution in [2.24, 2.45) is 64.1 Å². The third-order valence-electron chi connectivity index (χ3n) is 10.2. The number of rotatable bonds is 4. The summed E-state index contributed by atoms with van der Waals surface area (Å²) in [5, 5.41) is 0. The second-order valence-electron chi connectivity index (χ2n) is 10.5. The van der Waals surface area contributed by atoms with Crippen LogP contribution in [0.1, 0.15) is 25.7 Å². The average Bonchev–Trinajstić information content (AvgIpc) is 3.51. The van der Waals surface area contributed by atoms with E-state index in [1.807, 2.05) is 7.11 Å². The highest BCUT2D eigenvalue weighted by Gasteiger charge is 2.92. The summed E-state index contributed by atoms with van der Waals surface area (Å²) in [5.74, 6) is 7.48. The van der Waals surface area contributed by atoms with Gasteiger partial charge in [-0.2, -0.15) is 0 Å². The fraction of sp³-hybridized carbons (Fsp3) is 0.680. The van der Waals surface area contributed by atoms with E-state index in [2.05, 4.69) is 49.1 Å². The molecule has 7 aliphatic carbocycles. The van der Waals surface area contributed by atoms with Crippen LogP contribution in [0.5, 0.6) is 0 Å². The van der Waals surface area contributed by atoms with Crippen LogP contribution in [0.2, 0.25) is 0 Å². The van der Waals surface area contributed by atoms with Crippen molar-refractivity contribution in [2.75, 3.05) is 7.11 Å². The molecule has 26 heavy (non-hydrogen) atoms. The molecule has 5 fully saturated rings. The molecule has 2 spiro atoms. The van der Waals surface area contributed by atoms with Gasteiger partial charge < -0.3 is 4.74 Å². The van der Waals surface area contributed by atoms with Crippen molar-refractivity contribution in [1.82, 2.24) is 0 Å². The molecule has 0 aromatic rings. The summed E-state index contributed by atoms with van der Waals surface area (Å²) in [4.78, 5) is 0. The van der Waals surface area contributed by atoms with E-state index in [1.54, 1.807) is 0 Å². The summed E-state index contributed by atoms with van der Waals surface area (Å²) in [6.45, 7) is 4.12. The molecule has 0 radical (unpaired) electrons. The van der Waals surface area contributed by atoms with E-state index in [0.717, 1.165) is 53.3 Å². The Kier molecular flexibility index (Phi) is 2.57. The molecule has 0 saturated heterocycles. The highest BCUT2D eigenvalue weighted by molar-refractivity contribution is 5.46. The Hall–Kier alpha value is -1.08. The maximum Gasteiger partial charge on any atom is 0.0646 e. The van der Waals surface area contributed by atoms with Crippen LogP contribution in [-0.2, 0) is 4.74 Å². The Morgan fingerprint density at radius 3 is 2.69 bits per heavy atom. The zero-order valence-electron chi connectivity index (χ0n) is 15.8. The first-order chi connectivity index (χ1) is 12.8. The van der Waals surface area contributed by atoms with Gasteiger partial charge in [0.1, 0.15) is 0 Å². The molecule has 0 N–H and O–H groups in total. The van der Waals surface area contributed by atoms with Crippen molar-refractivity contribution in [2.45, 2.75) is 31.8 Å². The van der Waals surface area contributed by atoms with Gasteiger partial charge in [0.15, 0.2) is 0 Å². The summed E-state index contributed by atoms with van der Waals surface area (Å²) in [7, 11) is 1.92. The molecule has 0 aromatic carbocycles. The molecule has 0 heterocycles. The summed E-state index contributed by atoms with van der Waals surface area (Å²) < 4.78 is 5.69. The monoisotopic (exact) mass is 346 g/mol. The Bertz CT molecular complexity index is 763. The van der Waals surface area contributed by atoms with E-state index >= 15 is 0 Å². The molecule has 1 unspecified atom stereocenters. The average molecular weight is 347 g/mol. The molecule has 0 aromatic heterocycles. The maximum absolute atomic E-state index is 5.69. The molecule has 1 nitrogen and oxygen atoms in total. The van der Waals surface area contributed by atoms with E-state index in [1.165, 1.54) is 25.7 Å². The van der Waals surface area contributed by atoms with Crippen LogP contribution in [-0.4, -0.2) is 13.2 Å². The van der Waals surface area contributed by atoms with Gasteiger partial charge in [0, 0.05) is 7.11 Å². The van der Waals surface area contributed by atoms with E-state index in [4.69, 9.17) is 4.74 Å². The van der Waals surface area contributed by atoms with E-state index in [0.29, 0.717) is 16.9 Å². The Labute approximate surface area is 157 Å². The smallest absolute Gasteiger partial charge is 0.0646 e. The fourth-order valence-corrected chi connectivity index (χ4v) is 8.92. The second-order valence-corrected chi connectivity index (χ2v) is 10.5. The number of hydrogen-bond donors (Lipinski definition) is 0. The molecule has 7 rings (SSSR count). The van der Waals surface area contributed by atoms with Crippen LogP contribution in [0.15, 0.2) is 49.1 Å². The molecule has 1 heteroatoms. The fourth-order valence-electron chi connectivity index (χ4n) is 8.92. The van der Waals surface area contributed by atoms with E-state index in [-0.39, 0.29) is 0 Å². The molecule has 10 atom stereocenters. The summed E-state index contributed by atoms with van der Waals surface area (Å²) >= 11 is 0. The SMILES string of the molecule is C=C[C@H]1C[C@@H](/C=C\[C@H]2CC3([C@H]4C=C[C@H]5CC452)[C@@H]2C(OC)[C@H]23)[C@H]2C=CC[C@H]21. The van der Waals surface area contributed by atoms with Crippen molar-refractivity contribution in [3.8, 4) is 0 Å². The number of ether oxygens (including phenoxy) is 1.